The normalized spacial score (nSPS) is 10.6. The molecule has 5 heteroatoms. The molecular formula is C7H7ClO4. The van der Waals surface area contributed by atoms with Gasteiger partial charge in [0.1, 0.15) is 11.6 Å². The number of rotatable bonds is 4. The Balaban J connectivity index is 4.09. The van der Waals surface area contributed by atoms with Gasteiger partial charge in [0, 0.05) is 6.08 Å². The van der Waals surface area contributed by atoms with Crippen molar-refractivity contribution in [2.75, 3.05) is 6.61 Å². The van der Waals surface area contributed by atoms with Crippen molar-refractivity contribution in [3.63, 3.8) is 0 Å². The molecule has 0 amide bonds. The zero-order valence-corrected chi connectivity index (χ0v) is 6.87. The predicted octanol–water partition coefficient (Wildman–Crippen LogP) is 0.923. The molecule has 0 bridgehead atoms. The monoisotopic (exact) mass is 190 g/mol. The maximum atomic E-state index is 10.7. The fourth-order valence-corrected chi connectivity index (χ4v) is 0.519. The Kier molecular flexibility index (Phi) is 4.79. The largest absolute Gasteiger partial charge is 0.478 e. The Hall–Kier alpha value is -1.29. The van der Waals surface area contributed by atoms with E-state index >= 15 is 0 Å². The van der Waals surface area contributed by atoms with E-state index in [9.17, 15) is 9.59 Å². The first kappa shape index (κ1) is 10.7. The summed E-state index contributed by atoms with van der Waals surface area (Å²) < 4.78 is 4.43. The van der Waals surface area contributed by atoms with Gasteiger partial charge in [-0.1, -0.05) is 24.3 Å². The molecule has 0 fully saturated rings. The minimum atomic E-state index is -1.30. The van der Waals surface area contributed by atoms with Gasteiger partial charge in [-0.25, -0.2) is 9.59 Å². The van der Waals surface area contributed by atoms with Crippen LogP contribution >= 0.6 is 11.6 Å². The smallest absolute Gasteiger partial charge is 0.350 e. The highest BCUT2D eigenvalue weighted by atomic mass is 35.5. The van der Waals surface area contributed by atoms with Crippen LogP contribution in [0.15, 0.2) is 23.8 Å². The molecule has 0 aromatic rings. The van der Waals surface area contributed by atoms with Crippen LogP contribution in [0.5, 0.6) is 0 Å². The first-order valence-corrected chi connectivity index (χ1v) is 3.34. The Bertz CT molecular complexity index is 232. The molecule has 0 saturated carbocycles. The van der Waals surface area contributed by atoms with Gasteiger partial charge in [0.05, 0.1) is 0 Å². The number of carbonyl (C=O) groups excluding carboxylic acids is 1. The second-order valence-electron chi connectivity index (χ2n) is 1.72. The quantitative estimate of drug-likeness (QED) is 0.407. The van der Waals surface area contributed by atoms with E-state index in [1.54, 1.807) is 0 Å². The molecule has 0 rings (SSSR count). The Labute approximate surface area is 74.1 Å². The van der Waals surface area contributed by atoms with Gasteiger partial charge in [-0.15, -0.1) is 0 Å². The minimum absolute atomic E-state index is 0.00249. The molecular weight excluding hydrogens is 184 g/mol. The number of carboxylic acids is 1. The van der Waals surface area contributed by atoms with E-state index in [0.29, 0.717) is 6.08 Å². The van der Waals surface area contributed by atoms with E-state index in [2.05, 4.69) is 11.3 Å². The van der Waals surface area contributed by atoms with Crippen molar-refractivity contribution in [3.05, 3.63) is 23.8 Å². The van der Waals surface area contributed by atoms with Gasteiger partial charge >= 0.3 is 11.9 Å². The molecule has 0 aliphatic heterocycles. The number of hydrogen-bond donors (Lipinski definition) is 1. The number of aliphatic carboxylic acids is 1. The molecule has 0 aromatic carbocycles. The van der Waals surface area contributed by atoms with Crippen LogP contribution in [0.3, 0.4) is 0 Å². The van der Waals surface area contributed by atoms with E-state index < -0.39 is 17.0 Å². The van der Waals surface area contributed by atoms with Gasteiger partial charge in [0.2, 0.25) is 0 Å². The third-order valence-electron chi connectivity index (χ3n) is 0.777. The summed E-state index contributed by atoms with van der Waals surface area (Å²) in [5.74, 6) is -2.17. The van der Waals surface area contributed by atoms with Gasteiger partial charge in [-0.3, -0.25) is 0 Å². The van der Waals surface area contributed by atoms with Crippen LogP contribution in [0.1, 0.15) is 0 Å². The highest BCUT2D eigenvalue weighted by molar-refractivity contribution is 6.42. The average molecular weight is 191 g/mol. The Morgan fingerprint density at radius 1 is 1.58 bits per heavy atom. The van der Waals surface area contributed by atoms with Crippen LogP contribution in [0.4, 0.5) is 0 Å². The molecule has 0 aromatic heterocycles. The van der Waals surface area contributed by atoms with Gasteiger partial charge in [0.15, 0.2) is 0 Å². The molecule has 0 radical (unpaired) electrons. The number of esters is 1. The lowest BCUT2D eigenvalue weighted by molar-refractivity contribution is -0.138. The zero-order chi connectivity index (χ0) is 9.56. The SMILES string of the molecule is C=CCOC(=O)/C(Cl)=C/C(=O)O. The minimum Gasteiger partial charge on any atom is -0.478 e. The number of halogens is 1. The average Bonchev–Trinajstić information content (AvgIpc) is 1.98. The zero-order valence-electron chi connectivity index (χ0n) is 6.12. The van der Waals surface area contributed by atoms with E-state index in [4.69, 9.17) is 16.7 Å². The third-order valence-corrected chi connectivity index (χ3v) is 1.04. The highest BCUT2D eigenvalue weighted by Crippen LogP contribution is 2.03. The standard InChI is InChI=1S/C7H7ClO4/c1-2-3-12-7(11)5(8)4-6(9)10/h2,4H,1,3H2,(H,9,10)/b5-4-. The first-order chi connectivity index (χ1) is 5.57. The van der Waals surface area contributed by atoms with Crippen molar-refractivity contribution in [2.24, 2.45) is 0 Å². The Morgan fingerprint density at radius 3 is 2.58 bits per heavy atom. The second kappa shape index (κ2) is 5.37. The van der Waals surface area contributed by atoms with Gasteiger partial charge in [-0.05, 0) is 0 Å². The van der Waals surface area contributed by atoms with Gasteiger partial charge in [0.25, 0.3) is 0 Å². The molecule has 4 nitrogen and oxygen atoms in total. The van der Waals surface area contributed by atoms with Crippen molar-refractivity contribution in [1.29, 1.82) is 0 Å². The lowest BCUT2D eigenvalue weighted by Crippen LogP contribution is -2.05. The molecule has 1 N–H and O–H groups in total. The summed E-state index contributed by atoms with van der Waals surface area (Å²) in [6.45, 7) is 3.30. The van der Waals surface area contributed by atoms with E-state index in [1.807, 2.05) is 0 Å². The summed E-state index contributed by atoms with van der Waals surface area (Å²) in [7, 11) is 0. The molecule has 0 saturated heterocycles. The van der Waals surface area contributed by atoms with Crippen molar-refractivity contribution in [3.8, 4) is 0 Å². The van der Waals surface area contributed by atoms with E-state index in [1.165, 1.54) is 6.08 Å². The van der Waals surface area contributed by atoms with Crippen LogP contribution in [0.25, 0.3) is 0 Å². The molecule has 12 heavy (non-hydrogen) atoms. The molecule has 0 spiro atoms. The van der Waals surface area contributed by atoms with Crippen LogP contribution in [0.2, 0.25) is 0 Å². The van der Waals surface area contributed by atoms with E-state index in [0.717, 1.165) is 0 Å². The van der Waals surface area contributed by atoms with E-state index in [-0.39, 0.29) is 6.61 Å². The number of carboxylic acid groups (broad SMARTS) is 1. The summed E-state index contributed by atoms with van der Waals surface area (Å²) in [6.07, 6.45) is 1.91. The summed E-state index contributed by atoms with van der Waals surface area (Å²) in [6, 6.07) is 0. The summed E-state index contributed by atoms with van der Waals surface area (Å²) in [4.78, 5) is 20.7. The number of ether oxygens (including phenoxy) is 1. The number of carbonyl (C=O) groups is 2. The fourth-order valence-electron chi connectivity index (χ4n) is 0.371. The van der Waals surface area contributed by atoms with Crippen LogP contribution in [0, 0.1) is 0 Å². The molecule has 0 aliphatic carbocycles. The van der Waals surface area contributed by atoms with Gasteiger partial charge < -0.3 is 9.84 Å². The van der Waals surface area contributed by atoms with Gasteiger partial charge in [-0.2, -0.15) is 0 Å². The maximum absolute atomic E-state index is 10.7. The topological polar surface area (TPSA) is 63.6 Å². The summed E-state index contributed by atoms with van der Waals surface area (Å²) in [5.41, 5.74) is 0. The lowest BCUT2D eigenvalue weighted by Gasteiger charge is -1.97. The fraction of sp³-hybridized carbons (Fsp3) is 0.143. The molecule has 0 unspecified atom stereocenters. The molecule has 66 valence electrons. The molecule has 0 aliphatic rings. The van der Waals surface area contributed by atoms with Crippen LogP contribution < -0.4 is 0 Å². The first-order valence-electron chi connectivity index (χ1n) is 2.96. The summed E-state index contributed by atoms with van der Waals surface area (Å²) >= 11 is 5.23. The second-order valence-corrected chi connectivity index (χ2v) is 2.12. The van der Waals surface area contributed by atoms with Crippen molar-refractivity contribution in [1.82, 2.24) is 0 Å². The van der Waals surface area contributed by atoms with Crippen molar-refractivity contribution < 1.29 is 19.4 Å². The van der Waals surface area contributed by atoms with Crippen molar-refractivity contribution >= 4 is 23.5 Å². The third kappa shape index (κ3) is 4.51. The Morgan fingerprint density at radius 2 is 2.17 bits per heavy atom. The highest BCUT2D eigenvalue weighted by Gasteiger charge is 2.08. The van der Waals surface area contributed by atoms with Crippen molar-refractivity contribution in [2.45, 2.75) is 0 Å². The number of hydrogen-bond acceptors (Lipinski definition) is 3. The summed E-state index contributed by atoms with van der Waals surface area (Å²) in [5, 5.41) is 7.70. The molecule has 0 heterocycles. The van der Waals surface area contributed by atoms with Crippen LogP contribution in [-0.2, 0) is 14.3 Å². The molecule has 0 atom stereocenters. The predicted molar refractivity (Wildman–Crippen MR) is 42.7 cm³/mol. The van der Waals surface area contributed by atoms with Crippen LogP contribution in [-0.4, -0.2) is 23.7 Å². The lowest BCUT2D eigenvalue weighted by atomic mass is 10.5. The maximum Gasteiger partial charge on any atom is 0.350 e.